The molecule has 3 heteroatoms. The Morgan fingerprint density at radius 2 is 2.12 bits per heavy atom. The molecular weight excluding hydrogens is 214 g/mol. The van der Waals surface area contributed by atoms with Crippen molar-refractivity contribution in [2.75, 3.05) is 6.61 Å². The number of hydrogen-bond acceptors (Lipinski definition) is 3. The Kier molecular flexibility index (Phi) is 4.15. The molecule has 0 aromatic heterocycles. The van der Waals surface area contributed by atoms with Gasteiger partial charge in [-0.15, -0.1) is 0 Å². The van der Waals surface area contributed by atoms with Gasteiger partial charge < -0.3 is 4.74 Å². The summed E-state index contributed by atoms with van der Waals surface area (Å²) in [6.07, 6.45) is 3.03. The van der Waals surface area contributed by atoms with E-state index >= 15 is 0 Å². The second kappa shape index (κ2) is 5.82. The van der Waals surface area contributed by atoms with Crippen molar-refractivity contribution in [1.29, 1.82) is 0 Å². The summed E-state index contributed by atoms with van der Waals surface area (Å²) in [4.78, 5) is 11.7. The van der Waals surface area contributed by atoms with Crippen molar-refractivity contribution in [2.24, 2.45) is 0 Å². The fraction of sp³-hybridized carbons (Fsp3) is 0.500. The quantitative estimate of drug-likeness (QED) is 0.815. The van der Waals surface area contributed by atoms with Crippen molar-refractivity contribution in [3.63, 3.8) is 0 Å². The highest BCUT2D eigenvalue weighted by Crippen LogP contribution is 2.25. The molecule has 0 aliphatic carbocycles. The van der Waals surface area contributed by atoms with Crippen LogP contribution in [0, 0.1) is 0 Å². The molecule has 1 aliphatic rings. The Hall–Kier alpha value is -1.35. The Morgan fingerprint density at radius 1 is 1.35 bits per heavy atom. The Morgan fingerprint density at radius 3 is 2.82 bits per heavy atom. The third-order valence-corrected chi connectivity index (χ3v) is 3.16. The van der Waals surface area contributed by atoms with Gasteiger partial charge in [0.1, 0.15) is 6.04 Å². The maximum Gasteiger partial charge on any atom is 0.323 e. The van der Waals surface area contributed by atoms with E-state index in [9.17, 15) is 4.79 Å². The molecule has 1 saturated heterocycles. The van der Waals surface area contributed by atoms with Gasteiger partial charge in [0, 0.05) is 6.04 Å². The Balaban J connectivity index is 2.00. The zero-order chi connectivity index (χ0) is 12.1. The molecule has 2 unspecified atom stereocenters. The summed E-state index contributed by atoms with van der Waals surface area (Å²) < 4.78 is 5.06. The number of carbonyl (C=O) groups is 1. The number of benzene rings is 1. The molecule has 1 aromatic rings. The van der Waals surface area contributed by atoms with E-state index in [-0.39, 0.29) is 18.1 Å². The Bertz CT molecular complexity index is 364. The number of nitrogens with one attached hydrogen (secondary N) is 1. The number of hydrogen-bond donors (Lipinski definition) is 1. The summed E-state index contributed by atoms with van der Waals surface area (Å²) >= 11 is 0. The van der Waals surface area contributed by atoms with Crippen LogP contribution in [-0.4, -0.2) is 18.6 Å². The van der Waals surface area contributed by atoms with Crippen molar-refractivity contribution in [3.8, 4) is 0 Å². The average molecular weight is 233 g/mol. The van der Waals surface area contributed by atoms with Crippen molar-refractivity contribution >= 4 is 5.97 Å². The van der Waals surface area contributed by atoms with Crippen LogP contribution in [0.4, 0.5) is 0 Å². The van der Waals surface area contributed by atoms with E-state index in [1.807, 2.05) is 25.1 Å². The van der Waals surface area contributed by atoms with Crippen LogP contribution in [0.1, 0.15) is 37.8 Å². The molecular formula is C14H19NO2. The number of piperidine rings is 1. The van der Waals surface area contributed by atoms with Crippen LogP contribution in [0.15, 0.2) is 30.3 Å². The van der Waals surface area contributed by atoms with E-state index in [4.69, 9.17) is 4.74 Å². The van der Waals surface area contributed by atoms with Gasteiger partial charge in [-0.1, -0.05) is 30.3 Å². The molecule has 1 fully saturated rings. The monoisotopic (exact) mass is 233 g/mol. The lowest BCUT2D eigenvalue weighted by Gasteiger charge is -2.29. The van der Waals surface area contributed by atoms with Crippen molar-refractivity contribution in [3.05, 3.63) is 35.9 Å². The topological polar surface area (TPSA) is 38.3 Å². The molecule has 0 amide bonds. The molecule has 0 bridgehead atoms. The fourth-order valence-corrected chi connectivity index (χ4v) is 2.31. The van der Waals surface area contributed by atoms with E-state index in [0.29, 0.717) is 6.61 Å². The first-order chi connectivity index (χ1) is 8.31. The number of rotatable bonds is 3. The zero-order valence-electron chi connectivity index (χ0n) is 10.2. The molecule has 17 heavy (non-hydrogen) atoms. The molecule has 2 atom stereocenters. The van der Waals surface area contributed by atoms with E-state index in [1.165, 1.54) is 5.56 Å². The average Bonchev–Trinajstić information content (AvgIpc) is 2.40. The predicted octanol–water partition coefficient (Wildman–Crippen LogP) is 2.43. The molecule has 92 valence electrons. The molecule has 1 aliphatic heterocycles. The maximum atomic E-state index is 11.7. The summed E-state index contributed by atoms with van der Waals surface area (Å²) in [6.45, 7) is 2.29. The molecule has 1 heterocycles. The van der Waals surface area contributed by atoms with Crippen molar-refractivity contribution < 1.29 is 9.53 Å². The largest absolute Gasteiger partial charge is 0.465 e. The summed E-state index contributed by atoms with van der Waals surface area (Å²) in [6, 6.07) is 10.4. The van der Waals surface area contributed by atoms with Crippen LogP contribution >= 0.6 is 0 Å². The summed E-state index contributed by atoms with van der Waals surface area (Å²) in [5.41, 5.74) is 1.25. The first-order valence-electron chi connectivity index (χ1n) is 6.29. The van der Waals surface area contributed by atoms with E-state index in [1.54, 1.807) is 0 Å². The highest BCUT2D eigenvalue weighted by atomic mass is 16.5. The second-order valence-corrected chi connectivity index (χ2v) is 4.37. The highest BCUT2D eigenvalue weighted by Gasteiger charge is 2.27. The van der Waals surface area contributed by atoms with Gasteiger partial charge >= 0.3 is 5.97 Å². The third-order valence-electron chi connectivity index (χ3n) is 3.16. The fourth-order valence-electron chi connectivity index (χ4n) is 2.31. The predicted molar refractivity (Wildman–Crippen MR) is 66.6 cm³/mol. The highest BCUT2D eigenvalue weighted by molar-refractivity contribution is 5.75. The van der Waals surface area contributed by atoms with E-state index in [2.05, 4.69) is 17.4 Å². The van der Waals surface area contributed by atoms with Gasteiger partial charge in [0.15, 0.2) is 0 Å². The SMILES string of the molecule is CCOC(=O)C1CCCC(c2ccccc2)N1. The van der Waals surface area contributed by atoms with E-state index < -0.39 is 0 Å². The third kappa shape index (κ3) is 3.07. The molecule has 3 nitrogen and oxygen atoms in total. The van der Waals surface area contributed by atoms with Crippen LogP contribution < -0.4 is 5.32 Å². The minimum absolute atomic E-state index is 0.117. The molecule has 0 spiro atoms. The molecule has 0 saturated carbocycles. The first kappa shape index (κ1) is 12.1. The van der Waals surface area contributed by atoms with Gasteiger partial charge in [0.25, 0.3) is 0 Å². The lowest BCUT2D eigenvalue weighted by molar-refractivity contribution is -0.146. The number of esters is 1. The normalized spacial score (nSPS) is 24.3. The van der Waals surface area contributed by atoms with Gasteiger partial charge in [-0.25, -0.2) is 0 Å². The number of carbonyl (C=O) groups excluding carboxylic acids is 1. The standard InChI is InChI=1S/C14H19NO2/c1-2-17-14(16)13-10-6-9-12(15-13)11-7-4-3-5-8-11/h3-5,7-8,12-13,15H,2,6,9-10H2,1H3. The van der Waals surface area contributed by atoms with Crippen LogP contribution in [0.25, 0.3) is 0 Å². The molecule has 0 radical (unpaired) electrons. The molecule has 1 N–H and O–H groups in total. The van der Waals surface area contributed by atoms with Gasteiger partial charge in [-0.05, 0) is 31.7 Å². The van der Waals surface area contributed by atoms with Gasteiger partial charge in [0.05, 0.1) is 6.61 Å². The maximum absolute atomic E-state index is 11.7. The lowest BCUT2D eigenvalue weighted by atomic mass is 9.93. The van der Waals surface area contributed by atoms with Crippen molar-refractivity contribution in [1.82, 2.24) is 5.32 Å². The molecule has 2 rings (SSSR count). The zero-order valence-corrected chi connectivity index (χ0v) is 10.2. The summed E-state index contributed by atoms with van der Waals surface area (Å²) in [7, 11) is 0. The van der Waals surface area contributed by atoms with E-state index in [0.717, 1.165) is 19.3 Å². The smallest absolute Gasteiger partial charge is 0.323 e. The minimum atomic E-state index is -0.145. The summed E-state index contributed by atoms with van der Waals surface area (Å²) in [5, 5.41) is 3.38. The second-order valence-electron chi connectivity index (χ2n) is 4.37. The number of ether oxygens (including phenoxy) is 1. The minimum Gasteiger partial charge on any atom is -0.465 e. The first-order valence-corrected chi connectivity index (χ1v) is 6.29. The van der Waals surface area contributed by atoms with Crippen molar-refractivity contribution in [2.45, 2.75) is 38.3 Å². The summed E-state index contributed by atoms with van der Waals surface area (Å²) in [5.74, 6) is -0.117. The van der Waals surface area contributed by atoms with Crippen LogP contribution in [-0.2, 0) is 9.53 Å². The Labute approximate surface area is 102 Å². The van der Waals surface area contributed by atoms with Gasteiger partial charge in [0.2, 0.25) is 0 Å². The molecule has 1 aromatic carbocycles. The van der Waals surface area contributed by atoms with Crippen LogP contribution in [0.2, 0.25) is 0 Å². The van der Waals surface area contributed by atoms with Gasteiger partial charge in [-0.3, -0.25) is 10.1 Å². The van der Waals surface area contributed by atoms with Crippen LogP contribution in [0.3, 0.4) is 0 Å². The van der Waals surface area contributed by atoms with Gasteiger partial charge in [-0.2, -0.15) is 0 Å². The van der Waals surface area contributed by atoms with Crippen LogP contribution in [0.5, 0.6) is 0 Å². The lowest BCUT2D eigenvalue weighted by Crippen LogP contribution is -2.43.